The summed E-state index contributed by atoms with van der Waals surface area (Å²) < 4.78 is 32.7. The van der Waals surface area contributed by atoms with Crippen LogP contribution in [-0.2, 0) is 21.2 Å². The Bertz CT molecular complexity index is 998. The van der Waals surface area contributed by atoms with Crippen LogP contribution >= 0.6 is 11.6 Å². The zero-order valence-electron chi connectivity index (χ0n) is 18.4. The Balaban J connectivity index is 1.41. The summed E-state index contributed by atoms with van der Waals surface area (Å²) in [6, 6.07) is 15.3. The van der Waals surface area contributed by atoms with Crippen LogP contribution < -0.4 is 10.1 Å². The molecule has 2 aromatic carbocycles. The molecule has 1 fully saturated rings. The van der Waals surface area contributed by atoms with Crippen molar-refractivity contribution in [2.24, 2.45) is 5.92 Å². The third kappa shape index (κ3) is 7.22. The lowest BCUT2D eigenvalue weighted by atomic mass is 9.99. The number of aryl methyl sites for hydroxylation is 2. The fourth-order valence-corrected chi connectivity index (χ4v) is 5.54. The van der Waals surface area contributed by atoms with Gasteiger partial charge in [0.25, 0.3) is 0 Å². The number of ether oxygens (including phenoxy) is 1. The van der Waals surface area contributed by atoms with Crippen molar-refractivity contribution in [3.63, 3.8) is 0 Å². The van der Waals surface area contributed by atoms with E-state index < -0.39 is 10.0 Å². The molecule has 1 N–H and O–H groups in total. The number of benzene rings is 2. The number of hydrogen-bond acceptors (Lipinski definition) is 4. The molecule has 1 aliphatic rings. The van der Waals surface area contributed by atoms with Gasteiger partial charge in [0, 0.05) is 18.1 Å². The maximum absolute atomic E-state index is 12.8. The van der Waals surface area contributed by atoms with Crippen LogP contribution in [0.2, 0.25) is 5.02 Å². The zero-order chi connectivity index (χ0) is 23.0. The molecular formula is C24H31ClN2O4S. The first-order valence-corrected chi connectivity index (χ1v) is 13.0. The van der Waals surface area contributed by atoms with Crippen LogP contribution in [0.1, 0.15) is 30.4 Å². The third-order valence-corrected chi connectivity index (χ3v) is 8.00. The van der Waals surface area contributed by atoms with E-state index in [1.807, 2.05) is 49.4 Å². The van der Waals surface area contributed by atoms with Gasteiger partial charge in [-0.05, 0) is 55.9 Å². The molecule has 0 spiro atoms. The van der Waals surface area contributed by atoms with Crippen molar-refractivity contribution < 1.29 is 17.9 Å². The second-order valence-electron chi connectivity index (χ2n) is 8.15. The molecule has 0 unspecified atom stereocenters. The first kappa shape index (κ1) is 24.6. The Morgan fingerprint density at radius 2 is 2.00 bits per heavy atom. The third-order valence-electron chi connectivity index (χ3n) is 5.67. The van der Waals surface area contributed by atoms with Gasteiger partial charge in [0.2, 0.25) is 15.9 Å². The molecule has 0 aliphatic carbocycles. The monoisotopic (exact) mass is 478 g/mol. The number of amides is 1. The SMILES string of the molecule is Cc1ccc(OCCNC(=O)[C@@H]2CCCN(S(=O)(=O)CCCc3ccccc3)C2)cc1Cl. The van der Waals surface area contributed by atoms with Crippen molar-refractivity contribution in [3.8, 4) is 5.75 Å². The van der Waals surface area contributed by atoms with Gasteiger partial charge < -0.3 is 10.1 Å². The molecule has 32 heavy (non-hydrogen) atoms. The number of nitrogens with one attached hydrogen (secondary N) is 1. The molecule has 0 aromatic heterocycles. The quantitative estimate of drug-likeness (QED) is 0.527. The van der Waals surface area contributed by atoms with E-state index in [2.05, 4.69) is 5.32 Å². The predicted molar refractivity (Wildman–Crippen MR) is 128 cm³/mol. The molecule has 3 rings (SSSR count). The molecule has 0 bridgehead atoms. The Kier molecular flexibility index (Phi) is 8.96. The van der Waals surface area contributed by atoms with E-state index in [4.69, 9.17) is 16.3 Å². The zero-order valence-corrected chi connectivity index (χ0v) is 20.0. The Hall–Kier alpha value is -2.09. The van der Waals surface area contributed by atoms with E-state index in [-0.39, 0.29) is 24.1 Å². The number of piperidine rings is 1. The van der Waals surface area contributed by atoms with Crippen molar-refractivity contribution in [1.82, 2.24) is 9.62 Å². The normalized spacial score (nSPS) is 17.1. The minimum atomic E-state index is -3.37. The number of carbonyl (C=O) groups excluding carboxylic acids is 1. The van der Waals surface area contributed by atoms with Crippen LogP contribution in [0.4, 0.5) is 0 Å². The van der Waals surface area contributed by atoms with Crippen molar-refractivity contribution in [2.45, 2.75) is 32.6 Å². The molecule has 0 radical (unpaired) electrons. The van der Waals surface area contributed by atoms with Gasteiger partial charge in [0.15, 0.2) is 0 Å². The molecule has 8 heteroatoms. The number of halogens is 1. The van der Waals surface area contributed by atoms with Crippen LogP contribution in [0.3, 0.4) is 0 Å². The van der Waals surface area contributed by atoms with E-state index in [1.54, 1.807) is 6.07 Å². The standard InChI is InChI=1S/C24H31ClN2O4S/c1-19-11-12-22(17-23(19)25)31-15-13-26-24(28)21-10-5-14-27(18-21)32(29,30)16-6-9-20-7-3-2-4-8-20/h2-4,7-8,11-12,17,21H,5-6,9-10,13-16,18H2,1H3,(H,26,28)/t21-/m1/s1. The van der Waals surface area contributed by atoms with Crippen LogP contribution in [-0.4, -0.2) is 50.6 Å². The fourth-order valence-electron chi connectivity index (χ4n) is 3.79. The predicted octanol–water partition coefficient (Wildman–Crippen LogP) is 3.82. The smallest absolute Gasteiger partial charge is 0.224 e. The molecule has 1 aliphatic heterocycles. The second-order valence-corrected chi connectivity index (χ2v) is 10.6. The van der Waals surface area contributed by atoms with Gasteiger partial charge in [-0.2, -0.15) is 0 Å². The first-order chi connectivity index (χ1) is 15.3. The van der Waals surface area contributed by atoms with Gasteiger partial charge in [0.05, 0.1) is 18.2 Å². The summed E-state index contributed by atoms with van der Waals surface area (Å²) in [5, 5.41) is 3.50. The lowest BCUT2D eigenvalue weighted by Gasteiger charge is -2.31. The lowest BCUT2D eigenvalue weighted by Crippen LogP contribution is -2.46. The molecule has 174 valence electrons. The summed E-state index contributed by atoms with van der Waals surface area (Å²) in [5.41, 5.74) is 2.11. The van der Waals surface area contributed by atoms with E-state index in [9.17, 15) is 13.2 Å². The first-order valence-electron chi connectivity index (χ1n) is 11.0. The van der Waals surface area contributed by atoms with Crippen LogP contribution in [0, 0.1) is 12.8 Å². The van der Waals surface area contributed by atoms with Gasteiger partial charge >= 0.3 is 0 Å². The number of hydrogen-bond donors (Lipinski definition) is 1. The van der Waals surface area contributed by atoms with E-state index in [1.165, 1.54) is 4.31 Å². The minimum Gasteiger partial charge on any atom is -0.492 e. The second kappa shape index (κ2) is 11.7. The van der Waals surface area contributed by atoms with Crippen molar-refractivity contribution in [2.75, 3.05) is 32.0 Å². The summed E-state index contributed by atoms with van der Waals surface area (Å²) in [6.45, 7) is 3.32. The summed E-state index contributed by atoms with van der Waals surface area (Å²) >= 11 is 6.09. The van der Waals surface area contributed by atoms with Gasteiger partial charge in [-0.1, -0.05) is 48.0 Å². The van der Waals surface area contributed by atoms with Gasteiger partial charge in [0.1, 0.15) is 12.4 Å². The van der Waals surface area contributed by atoms with Crippen LogP contribution in [0.5, 0.6) is 5.75 Å². The highest BCUT2D eigenvalue weighted by Crippen LogP contribution is 2.22. The number of nitrogens with zero attached hydrogens (tertiary/aromatic N) is 1. The Morgan fingerprint density at radius 1 is 1.22 bits per heavy atom. The Morgan fingerprint density at radius 3 is 2.75 bits per heavy atom. The largest absolute Gasteiger partial charge is 0.492 e. The van der Waals surface area contributed by atoms with Crippen molar-refractivity contribution in [3.05, 3.63) is 64.7 Å². The topological polar surface area (TPSA) is 75.7 Å². The molecular weight excluding hydrogens is 448 g/mol. The number of sulfonamides is 1. The van der Waals surface area contributed by atoms with Gasteiger partial charge in [-0.15, -0.1) is 0 Å². The van der Waals surface area contributed by atoms with Gasteiger partial charge in [-0.3, -0.25) is 4.79 Å². The average Bonchev–Trinajstić information content (AvgIpc) is 2.79. The molecule has 1 atom stereocenters. The van der Waals surface area contributed by atoms with E-state index >= 15 is 0 Å². The van der Waals surface area contributed by atoms with Crippen LogP contribution in [0.25, 0.3) is 0 Å². The van der Waals surface area contributed by atoms with E-state index in [0.717, 1.165) is 17.5 Å². The van der Waals surface area contributed by atoms with Crippen molar-refractivity contribution in [1.29, 1.82) is 0 Å². The molecule has 1 saturated heterocycles. The van der Waals surface area contributed by atoms with Crippen molar-refractivity contribution >= 4 is 27.5 Å². The molecule has 2 aromatic rings. The number of rotatable bonds is 10. The summed E-state index contributed by atoms with van der Waals surface area (Å²) in [5.74, 6) is 0.296. The highest BCUT2D eigenvalue weighted by atomic mass is 35.5. The maximum Gasteiger partial charge on any atom is 0.224 e. The highest BCUT2D eigenvalue weighted by Gasteiger charge is 2.31. The fraction of sp³-hybridized carbons (Fsp3) is 0.458. The molecule has 1 heterocycles. The maximum atomic E-state index is 12.8. The summed E-state index contributed by atoms with van der Waals surface area (Å²) in [7, 11) is -3.37. The summed E-state index contributed by atoms with van der Waals surface area (Å²) in [6.07, 6.45) is 2.68. The molecule has 6 nitrogen and oxygen atoms in total. The summed E-state index contributed by atoms with van der Waals surface area (Å²) in [4.78, 5) is 12.6. The minimum absolute atomic E-state index is 0.100. The molecule has 1 amide bonds. The average molecular weight is 479 g/mol. The van der Waals surface area contributed by atoms with Crippen LogP contribution in [0.15, 0.2) is 48.5 Å². The molecule has 0 saturated carbocycles. The Labute approximate surface area is 196 Å². The van der Waals surface area contributed by atoms with Gasteiger partial charge in [-0.25, -0.2) is 12.7 Å². The lowest BCUT2D eigenvalue weighted by molar-refractivity contribution is -0.126. The van der Waals surface area contributed by atoms with E-state index in [0.29, 0.717) is 49.7 Å². The number of carbonyl (C=O) groups is 1. The highest BCUT2D eigenvalue weighted by molar-refractivity contribution is 7.89.